The lowest BCUT2D eigenvalue weighted by Crippen LogP contribution is -2.40. The van der Waals surface area contributed by atoms with Crippen LogP contribution in [0.25, 0.3) is 0 Å². The van der Waals surface area contributed by atoms with Crippen LogP contribution < -0.4 is 10.1 Å². The van der Waals surface area contributed by atoms with E-state index in [0.717, 1.165) is 0 Å². The fourth-order valence-electron chi connectivity index (χ4n) is 1.49. The van der Waals surface area contributed by atoms with Crippen LogP contribution in [-0.2, 0) is 4.79 Å². The molecule has 0 saturated heterocycles. The summed E-state index contributed by atoms with van der Waals surface area (Å²) in [6.07, 6.45) is 1.48. The number of phenols is 1. The molecule has 1 rings (SSSR count). The molecule has 0 spiro atoms. The SMILES string of the molecule is C=CCC(NC(=O)c1cccc(OC)c1O)C(=O)O. The summed E-state index contributed by atoms with van der Waals surface area (Å²) in [5.41, 5.74) is -0.0466. The summed E-state index contributed by atoms with van der Waals surface area (Å²) in [4.78, 5) is 22.8. The summed E-state index contributed by atoms with van der Waals surface area (Å²) in [6.45, 7) is 3.42. The van der Waals surface area contributed by atoms with Gasteiger partial charge in [-0.1, -0.05) is 12.1 Å². The molecule has 3 N–H and O–H groups in total. The van der Waals surface area contributed by atoms with Gasteiger partial charge in [0.1, 0.15) is 6.04 Å². The van der Waals surface area contributed by atoms with Crippen molar-refractivity contribution in [1.82, 2.24) is 5.32 Å². The average molecular weight is 265 g/mol. The van der Waals surface area contributed by atoms with Gasteiger partial charge in [0.15, 0.2) is 11.5 Å². The fourth-order valence-corrected chi connectivity index (χ4v) is 1.49. The van der Waals surface area contributed by atoms with Gasteiger partial charge < -0.3 is 20.3 Å². The Morgan fingerprint density at radius 3 is 2.74 bits per heavy atom. The van der Waals surface area contributed by atoms with Crippen LogP contribution in [0, 0.1) is 0 Å². The van der Waals surface area contributed by atoms with Gasteiger partial charge in [0.05, 0.1) is 12.7 Å². The fraction of sp³-hybridized carbons (Fsp3) is 0.231. The minimum atomic E-state index is -1.17. The van der Waals surface area contributed by atoms with Crippen LogP contribution in [0.15, 0.2) is 30.9 Å². The van der Waals surface area contributed by atoms with Crippen molar-refractivity contribution in [1.29, 1.82) is 0 Å². The van der Waals surface area contributed by atoms with Crippen molar-refractivity contribution in [2.45, 2.75) is 12.5 Å². The maximum absolute atomic E-state index is 11.9. The number of ether oxygens (including phenoxy) is 1. The van der Waals surface area contributed by atoms with Crippen LogP contribution in [0.4, 0.5) is 0 Å². The molecule has 102 valence electrons. The van der Waals surface area contributed by atoms with Crippen LogP contribution in [-0.4, -0.2) is 35.2 Å². The number of carboxylic acid groups (broad SMARTS) is 1. The molecule has 1 unspecified atom stereocenters. The summed E-state index contributed by atoms with van der Waals surface area (Å²) in [5, 5.41) is 21.0. The lowest BCUT2D eigenvalue weighted by atomic mass is 10.1. The standard InChI is InChI=1S/C13H15NO5/c1-3-5-9(13(17)18)14-12(16)8-6-4-7-10(19-2)11(8)15/h3-4,6-7,9,15H,1,5H2,2H3,(H,14,16)(H,17,18). The number of amides is 1. The van der Waals surface area contributed by atoms with Gasteiger partial charge in [0, 0.05) is 0 Å². The van der Waals surface area contributed by atoms with Crippen LogP contribution >= 0.6 is 0 Å². The minimum Gasteiger partial charge on any atom is -0.504 e. The minimum absolute atomic E-state index is 0.0466. The van der Waals surface area contributed by atoms with Gasteiger partial charge in [0.25, 0.3) is 5.91 Å². The second-order valence-corrected chi connectivity index (χ2v) is 3.75. The molecule has 6 heteroatoms. The quantitative estimate of drug-likeness (QED) is 0.671. The molecule has 0 aliphatic carbocycles. The predicted octanol–water partition coefficient (Wildman–Crippen LogP) is 1.16. The molecule has 0 aliphatic heterocycles. The molecule has 1 aromatic carbocycles. The number of aliphatic carboxylic acids is 1. The zero-order chi connectivity index (χ0) is 14.4. The van der Waals surface area contributed by atoms with Crippen molar-refractivity contribution < 1.29 is 24.5 Å². The molecular weight excluding hydrogens is 250 g/mol. The smallest absolute Gasteiger partial charge is 0.326 e. The maximum Gasteiger partial charge on any atom is 0.326 e. The number of carboxylic acids is 1. The zero-order valence-corrected chi connectivity index (χ0v) is 10.4. The van der Waals surface area contributed by atoms with Crippen molar-refractivity contribution in [2.75, 3.05) is 7.11 Å². The topological polar surface area (TPSA) is 95.9 Å². The number of methoxy groups -OCH3 is 1. The molecular formula is C13H15NO5. The van der Waals surface area contributed by atoms with Crippen molar-refractivity contribution in [2.24, 2.45) is 0 Å². The first-order valence-electron chi connectivity index (χ1n) is 5.51. The van der Waals surface area contributed by atoms with E-state index >= 15 is 0 Å². The molecule has 0 radical (unpaired) electrons. The number of phenolic OH excluding ortho intramolecular Hbond substituents is 1. The first-order chi connectivity index (χ1) is 9.01. The molecule has 1 aromatic rings. The van der Waals surface area contributed by atoms with Gasteiger partial charge in [-0.2, -0.15) is 0 Å². The van der Waals surface area contributed by atoms with Crippen molar-refractivity contribution in [3.8, 4) is 11.5 Å². The van der Waals surface area contributed by atoms with E-state index in [1.54, 1.807) is 0 Å². The Labute approximate surface area is 110 Å². The van der Waals surface area contributed by atoms with E-state index in [0.29, 0.717) is 0 Å². The molecule has 0 bridgehead atoms. The second-order valence-electron chi connectivity index (χ2n) is 3.75. The molecule has 0 heterocycles. The number of carbonyl (C=O) groups is 2. The molecule has 19 heavy (non-hydrogen) atoms. The normalized spacial score (nSPS) is 11.4. The van der Waals surface area contributed by atoms with Crippen molar-refractivity contribution in [3.63, 3.8) is 0 Å². The Hall–Kier alpha value is -2.50. The van der Waals surface area contributed by atoms with Crippen molar-refractivity contribution in [3.05, 3.63) is 36.4 Å². The summed E-state index contributed by atoms with van der Waals surface area (Å²) in [7, 11) is 1.36. The molecule has 1 atom stereocenters. The summed E-state index contributed by atoms with van der Waals surface area (Å²) < 4.78 is 4.87. The van der Waals surface area contributed by atoms with E-state index < -0.39 is 17.9 Å². The number of hydrogen-bond acceptors (Lipinski definition) is 4. The van der Waals surface area contributed by atoms with Gasteiger partial charge in [-0.25, -0.2) is 4.79 Å². The van der Waals surface area contributed by atoms with E-state index in [4.69, 9.17) is 9.84 Å². The molecule has 0 saturated carbocycles. The van der Waals surface area contributed by atoms with E-state index in [9.17, 15) is 14.7 Å². The third-order valence-electron chi connectivity index (χ3n) is 2.47. The Morgan fingerprint density at radius 2 is 2.21 bits per heavy atom. The predicted molar refractivity (Wildman–Crippen MR) is 68.4 cm³/mol. The number of para-hydroxylation sites is 1. The van der Waals surface area contributed by atoms with E-state index in [1.165, 1.54) is 31.4 Å². The molecule has 6 nitrogen and oxygen atoms in total. The van der Waals surface area contributed by atoms with E-state index in [2.05, 4.69) is 11.9 Å². The average Bonchev–Trinajstić information content (AvgIpc) is 2.38. The number of carbonyl (C=O) groups excluding carboxylic acids is 1. The Bertz CT molecular complexity index is 498. The van der Waals surface area contributed by atoms with Gasteiger partial charge in [-0.3, -0.25) is 4.79 Å². The number of hydrogen-bond donors (Lipinski definition) is 3. The highest BCUT2D eigenvalue weighted by Crippen LogP contribution is 2.29. The van der Waals surface area contributed by atoms with Gasteiger partial charge in [-0.15, -0.1) is 6.58 Å². The van der Waals surface area contributed by atoms with E-state index in [1.807, 2.05) is 0 Å². The largest absolute Gasteiger partial charge is 0.504 e. The van der Waals surface area contributed by atoms with Gasteiger partial charge in [-0.05, 0) is 18.6 Å². The second kappa shape index (κ2) is 6.44. The van der Waals surface area contributed by atoms with Crippen LogP contribution in [0.2, 0.25) is 0 Å². The molecule has 0 aliphatic rings. The van der Waals surface area contributed by atoms with Crippen LogP contribution in [0.5, 0.6) is 11.5 Å². The molecule has 1 amide bonds. The lowest BCUT2D eigenvalue weighted by Gasteiger charge is -2.14. The summed E-state index contributed by atoms with van der Waals surface area (Å²) in [5.74, 6) is -2.05. The lowest BCUT2D eigenvalue weighted by molar-refractivity contribution is -0.139. The van der Waals surface area contributed by atoms with Crippen LogP contribution in [0.1, 0.15) is 16.8 Å². The highest BCUT2D eigenvalue weighted by Gasteiger charge is 2.21. The molecule has 0 fully saturated rings. The van der Waals surface area contributed by atoms with Crippen LogP contribution in [0.3, 0.4) is 0 Å². The Morgan fingerprint density at radius 1 is 1.53 bits per heavy atom. The third kappa shape index (κ3) is 3.48. The van der Waals surface area contributed by atoms with E-state index in [-0.39, 0.29) is 23.5 Å². The summed E-state index contributed by atoms with van der Waals surface area (Å²) in [6, 6.07) is 3.30. The number of nitrogens with one attached hydrogen (secondary N) is 1. The third-order valence-corrected chi connectivity index (χ3v) is 2.47. The number of benzene rings is 1. The molecule has 0 aromatic heterocycles. The first kappa shape index (κ1) is 14.6. The Kier molecular flexibility index (Phi) is 4.93. The number of aromatic hydroxyl groups is 1. The monoisotopic (exact) mass is 265 g/mol. The Balaban J connectivity index is 2.94. The highest BCUT2D eigenvalue weighted by molar-refractivity contribution is 5.99. The highest BCUT2D eigenvalue weighted by atomic mass is 16.5. The summed E-state index contributed by atoms with van der Waals surface area (Å²) >= 11 is 0. The van der Waals surface area contributed by atoms with Gasteiger partial charge >= 0.3 is 5.97 Å². The zero-order valence-electron chi connectivity index (χ0n) is 10.4. The first-order valence-corrected chi connectivity index (χ1v) is 5.51. The van der Waals surface area contributed by atoms with Crippen molar-refractivity contribution >= 4 is 11.9 Å². The van der Waals surface area contributed by atoms with Gasteiger partial charge in [0.2, 0.25) is 0 Å². The number of rotatable bonds is 6. The maximum atomic E-state index is 11.9.